The molecule has 0 atom stereocenters. The Balaban J connectivity index is 2.68. The van der Waals surface area contributed by atoms with Gasteiger partial charge in [0.1, 0.15) is 5.82 Å². The highest BCUT2D eigenvalue weighted by molar-refractivity contribution is 4.92. The fraction of sp³-hybridized carbons (Fsp3) is 0.786. The topological polar surface area (TPSA) is 47.1 Å². The fourth-order valence-corrected chi connectivity index (χ4v) is 2.18. The first-order valence-corrected chi connectivity index (χ1v) is 6.94. The third-order valence-corrected chi connectivity index (χ3v) is 3.25. The van der Waals surface area contributed by atoms with E-state index in [0.717, 1.165) is 45.0 Å². The second-order valence-corrected chi connectivity index (χ2v) is 5.71. The molecule has 0 aromatic carbocycles. The van der Waals surface area contributed by atoms with Crippen LogP contribution in [0.15, 0.2) is 12.4 Å². The van der Waals surface area contributed by atoms with Crippen molar-refractivity contribution in [2.45, 2.75) is 47.2 Å². The number of aryl methyl sites for hydroxylation is 1. The minimum absolute atomic E-state index is 0.165. The van der Waals surface area contributed by atoms with E-state index >= 15 is 0 Å². The number of rotatable bonds is 8. The summed E-state index contributed by atoms with van der Waals surface area (Å²) < 4.78 is 2.21. The Hall–Kier alpha value is -0.870. The molecule has 0 radical (unpaired) electrons. The highest BCUT2D eigenvalue weighted by Crippen LogP contribution is 2.16. The summed E-state index contributed by atoms with van der Waals surface area (Å²) in [6.45, 7) is 13.6. The van der Waals surface area contributed by atoms with Crippen molar-refractivity contribution in [2.75, 3.05) is 19.6 Å². The maximum atomic E-state index is 5.83. The standard InChI is InChI=1S/C14H28N4/c1-5-8-17(12-14(3,4)11-15)10-13-16-7-9-18(13)6-2/h7,9H,5-6,8,10-12,15H2,1-4H3. The van der Waals surface area contributed by atoms with Crippen molar-refractivity contribution in [3.8, 4) is 0 Å². The first-order valence-electron chi connectivity index (χ1n) is 6.94. The van der Waals surface area contributed by atoms with Crippen LogP contribution in [0.5, 0.6) is 0 Å². The van der Waals surface area contributed by atoms with Gasteiger partial charge in [-0.25, -0.2) is 4.98 Å². The molecule has 4 nitrogen and oxygen atoms in total. The lowest BCUT2D eigenvalue weighted by molar-refractivity contribution is 0.171. The van der Waals surface area contributed by atoms with Crippen LogP contribution in [0.3, 0.4) is 0 Å². The van der Waals surface area contributed by atoms with Crippen molar-refractivity contribution < 1.29 is 0 Å². The Morgan fingerprint density at radius 3 is 2.67 bits per heavy atom. The van der Waals surface area contributed by atoms with Crippen LogP contribution in [0.1, 0.15) is 39.9 Å². The number of imidazole rings is 1. The molecule has 2 N–H and O–H groups in total. The molecule has 18 heavy (non-hydrogen) atoms. The van der Waals surface area contributed by atoms with E-state index in [1.165, 1.54) is 0 Å². The fourth-order valence-electron chi connectivity index (χ4n) is 2.18. The Bertz CT molecular complexity index is 343. The quantitative estimate of drug-likeness (QED) is 0.771. The SMILES string of the molecule is CCCN(Cc1nccn1CC)CC(C)(C)CN. The van der Waals surface area contributed by atoms with Gasteiger partial charge in [-0.3, -0.25) is 4.90 Å². The average Bonchev–Trinajstić information content (AvgIpc) is 2.76. The van der Waals surface area contributed by atoms with E-state index in [1.807, 2.05) is 12.4 Å². The summed E-state index contributed by atoms with van der Waals surface area (Å²) in [7, 11) is 0. The summed E-state index contributed by atoms with van der Waals surface area (Å²) in [6, 6.07) is 0. The molecule has 0 amide bonds. The van der Waals surface area contributed by atoms with E-state index in [4.69, 9.17) is 5.73 Å². The van der Waals surface area contributed by atoms with Crippen molar-refractivity contribution in [1.29, 1.82) is 0 Å². The van der Waals surface area contributed by atoms with Gasteiger partial charge in [-0.15, -0.1) is 0 Å². The van der Waals surface area contributed by atoms with Crippen molar-refractivity contribution in [3.63, 3.8) is 0 Å². The summed E-state index contributed by atoms with van der Waals surface area (Å²) in [4.78, 5) is 6.91. The Labute approximate surface area is 111 Å². The van der Waals surface area contributed by atoms with Gasteiger partial charge in [0.05, 0.1) is 6.54 Å². The molecule has 0 saturated heterocycles. The zero-order valence-electron chi connectivity index (χ0n) is 12.3. The van der Waals surface area contributed by atoms with Gasteiger partial charge in [0.2, 0.25) is 0 Å². The highest BCUT2D eigenvalue weighted by Gasteiger charge is 2.20. The largest absolute Gasteiger partial charge is 0.334 e. The minimum Gasteiger partial charge on any atom is -0.334 e. The molecule has 1 aromatic rings. The average molecular weight is 252 g/mol. The van der Waals surface area contributed by atoms with Gasteiger partial charge in [0.15, 0.2) is 0 Å². The summed E-state index contributed by atoms with van der Waals surface area (Å²) in [5.74, 6) is 1.15. The third kappa shape index (κ3) is 4.42. The molecule has 0 aliphatic rings. The first kappa shape index (κ1) is 15.2. The van der Waals surface area contributed by atoms with Crippen LogP contribution in [0.4, 0.5) is 0 Å². The summed E-state index contributed by atoms with van der Waals surface area (Å²) >= 11 is 0. The lowest BCUT2D eigenvalue weighted by Gasteiger charge is -2.31. The molecule has 0 aliphatic heterocycles. The summed E-state index contributed by atoms with van der Waals surface area (Å²) in [5, 5.41) is 0. The van der Waals surface area contributed by atoms with Gasteiger partial charge in [-0.2, -0.15) is 0 Å². The van der Waals surface area contributed by atoms with Crippen LogP contribution in [0, 0.1) is 5.41 Å². The van der Waals surface area contributed by atoms with E-state index in [0.29, 0.717) is 0 Å². The monoisotopic (exact) mass is 252 g/mol. The maximum Gasteiger partial charge on any atom is 0.122 e. The van der Waals surface area contributed by atoms with Gasteiger partial charge >= 0.3 is 0 Å². The smallest absolute Gasteiger partial charge is 0.122 e. The van der Waals surface area contributed by atoms with Crippen LogP contribution in [-0.2, 0) is 13.1 Å². The molecule has 104 valence electrons. The Kier molecular flexibility index (Phi) is 5.82. The van der Waals surface area contributed by atoms with Crippen molar-refractivity contribution >= 4 is 0 Å². The molecule has 0 unspecified atom stereocenters. The molecule has 0 fully saturated rings. The predicted octanol–water partition coefficient (Wildman–Crippen LogP) is 2.10. The normalized spacial score (nSPS) is 12.3. The first-order chi connectivity index (χ1) is 8.52. The van der Waals surface area contributed by atoms with Crippen molar-refractivity contribution in [3.05, 3.63) is 18.2 Å². The number of hydrogen-bond donors (Lipinski definition) is 1. The molecule has 1 heterocycles. The second kappa shape index (κ2) is 6.90. The van der Waals surface area contributed by atoms with E-state index in [2.05, 4.69) is 42.1 Å². The van der Waals surface area contributed by atoms with Crippen LogP contribution in [0.25, 0.3) is 0 Å². The lowest BCUT2D eigenvalue weighted by Crippen LogP contribution is -2.39. The predicted molar refractivity (Wildman–Crippen MR) is 76.3 cm³/mol. The zero-order valence-corrected chi connectivity index (χ0v) is 12.3. The summed E-state index contributed by atoms with van der Waals surface area (Å²) in [6.07, 6.45) is 5.10. The zero-order chi connectivity index (χ0) is 13.6. The number of nitrogens with two attached hydrogens (primary N) is 1. The second-order valence-electron chi connectivity index (χ2n) is 5.71. The molecular weight excluding hydrogens is 224 g/mol. The molecular formula is C14H28N4. The van der Waals surface area contributed by atoms with Crippen LogP contribution in [0.2, 0.25) is 0 Å². The number of nitrogens with zero attached hydrogens (tertiary/aromatic N) is 3. The third-order valence-electron chi connectivity index (χ3n) is 3.25. The molecule has 1 aromatic heterocycles. The van der Waals surface area contributed by atoms with Gasteiger partial charge in [0, 0.05) is 25.5 Å². The van der Waals surface area contributed by atoms with Crippen molar-refractivity contribution in [1.82, 2.24) is 14.5 Å². The van der Waals surface area contributed by atoms with Gasteiger partial charge in [-0.1, -0.05) is 20.8 Å². The van der Waals surface area contributed by atoms with Crippen molar-refractivity contribution in [2.24, 2.45) is 11.1 Å². The Morgan fingerprint density at radius 2 is 2.11 bits per heavy atom. The van der Waals surface area contributed by atoms with Crippen LogP contribution in [-0.4, -0.2) is 34.1 Å². The maximum absolute atomic E-state index is 5.83. The minimum atomic E-state index is 0.165. The van der Waals surface area contributed by atoms with Gasteiger partial charge < -0.3 is 10.3 Å². The summed E-state index contributed by atoms with van der Waals surface area (Å²) in [5.41, 5.74) is 6.00. The highest BCUT2D eigenvalue weighted by atomic mass is 15.2. The van der Waals surface area contributed by atoms with E-state index < -0.39 is 0 Å². The van der Waals surface area contributed by atoms with E-state index in [-0.39, 0.29) is 5.41 Å². The van der Waals surface area contributed by atoms with Gasteiger partial charge in [-0.05, 0) is 31.8 Å². The number of hydrogen-bond acceptors (Lipinski definition) is 3. The van der Waals surface area contributed by atoms with E-state index in [1.54, 1.807) is 0 Å². The van der Waals surface area contributed by atoms with E-state index in [9.17, 15) is 0 Å². The van der Waals surface area contributed by atoms with Gasteiger partial charge in [0.25, 0.3) is 0 Å². The molecule has 1 rings (SSSR count). The molecule has 0 aliphatic carbocycles. The van der Waals surface area contributed by atoms with Crippen LogP contribution >= 0.6 is 0 Å². The molecule has 0 bridgehead atoms. The molecule has 0 spiro atoms. The lowest BCUT2D eigenvalue weighted by atomic mass is 9.93. The number of aromatic nitrogens is 2. The molecule has 0 saturated carbocycles. The van der Waals surface area contributed by atoms with Crippen LogP contribution < -0.4 is 5.73 Å². The Morgan fingerprint density at radius 1 is 1.39 bits per heavy atom. The molecule has 4 heteroatoms.